The molecular weight excluding hydrogens is 321 g/mol. The van der Waals surface area contributed by atoms with Gasteiger partial charge in [0.15, 0.2) is 11.6 Å². The van der Waals surface area contributed by atoms with Crippen LogP contribution >= 0.6 is 12.4 Å². The molecule has 7 heteroatoms. The summed E-state index contributed by atoms with van der Waals surface area (Å²) in [5.74, 6) is -0.761. The summed E-state index contributed by atoms with van der Waals surface area (Å²) in [5.41, 5.74) is 0.254. The van der Waals surface area contributed by atoms with E-state index in [-0.39, 0.29) is 29.6 Å². The highest BCUT2D eigenvalue weighted by molar-refractivity contribution is 5.96. The molecule has 1 fully saturated rings. The van der Waals surface area contributed by atoms with Gasteiger partial charge in [0.05, 0.1) is 12.2 Å². The van der Waals surface area contributed by atoms with Crippen molar-refractivity contribution in [3.63, 3.8) is 0 Å². The summed E-state index contributed by atoms with van der Waals surface area (Å²) in [7, 11) is 0. The Labute approximate surface area is 143 Å². The summed E-state index contributed by atoms with van der Waals surface area (Å²) < 4.78 is 19.0. The third-order valence-electron chi connectivity index (χ3n) is 3.65. The molecule has 0 saturated carbocycles. The van der Waals surface area contributed by atoms with Gasteiger partial charge in [0.25, 0.3) is 5.91 Å². The van der Waals surface area contributed by atoms with E-state index >= 15 is 0 Å². The second kappa shape index (κ2) is 10.4. The Morgan fingerprint density at radius 2 is 2.13 bits per heavy atom. The molecule has 2 rings (SSSR count). The molecular formula is C16H25ClFN3O2. The van der Waals surface area contributed by atoms with E-state index in [4.69, 9.17) is 4.74 Å². The fourth-order valence-electron chi connectivity index (χ4n) is 2.51. The number of benzene rings is 1. The molecule has 1 aliphatic heterocycles. The topological polar surface area (TPSA) is 53.6 Å². The van der Waals surface area contributed by atoms with E-state index in [2.05, 4.69) is 15.5 Å². The maximum absolute atomic E-state index is 13.7. The van der Waals surface area contributed by atoms with Crippen molar-refractivity contribution in [3.8, 4) is 5.75 Å². The van der Waals surface area contributed by atoms with Gasteiger partial charge in [-0.25, -0.2) is 4.39 Å². The highest BCUT2D eigenvalue weighted by atomic mass is 35.5. The molecule has 23 heavy (non-hydrogen) atoms. The van der Waals surface area contributed by atoms with Crippen LogP contribution in [0.1, 0.15) is 23.7 Å². The van der Waals surface area contributed by atoms with Gasteiger partial charge in [0.1, 0.15) is 0 Å². The molecule has 2 N–H and O–H groups in total. The molecule has 0 spiro atoms. The molecule has 0 atom stereocenters. The quantitative estimate of drug-likeness (QED) is 0.738. The first kappa shape index (κ1) is 19.7. The van der Waals surface area contributed by atoms with Gasteiger partial charge >= 0.3 is 0 Å². The third kappa shape index (κ3) is 5.97. The van der Waals surface area contributed by atoms with Crippen molar-refractivity contribution in [2.75, 3.05) is 45.9 Å². The average Bonchev–Trinajstić information content (AvgIpc) is 2.54. The normalized spacial score (nSPS) is 14.9. The number of halogens is 2. The van der Waals surface area contributed by atoms with E-state index in [0.29, 0.717) is 13.2 Å². The van der Waals surface area contributed by atoms with Crippen molar-refractivity contribution >= 4 is 18.3 Å². The standard InChI is InChI=1S/C16H24FN3O2.ClH/c1-2-22-15-13(5-3-6-14(15)17)16(21)19-7-4-10-20-11-8-18-9-12-20;/h3,5-6,18H,2,4,7-12H2,1H3,(H,19,21);1H. The van der Waals surface area contributed by atoms with E-state index < -0.39 is 5.82 Å². The number of nitrogens with one attached hydrogen (secondary N) is 2. The summed E-state index contributed by atoms with van der Waals surface area (Å²) >= 11 is 0. The number of carbonyl (C=O) groups is 1. The lowest BCUT2D eigenvalue weighted by molar-refractivity contribution is 0.0946. The number of para-hydroxylation sites is 1. The van der Waals surface area contributed by atoms with Crippen molar-refractivity contribution < 1.29 is 13.9 Å². The fourth-order valence-corrected chi connectivity index (χ4v) is 2.51. The van der Waals surface area contributed by atoms with Gasteiger partial charge in [-0.2, -0.15) is 0 Å². The van der Waals surface area contributed by atoms with Crippen molar-refractivity contribution in [2.24, 2.45) is 0 Å². The van der Waals surface area contributed by atoms with Gasteiger partial charge in [-0.1, -0.05) is 6.07 Å². The Bertz CT molecular complexity index is 496. The molecule has 1 aliphatic rings. The largest absolute Gasteiger partial charge is 0.490 e. The molecule has 5 nitrogen and oxygen atoms in total. The van der Waals surface area contributed by atoms with Crippen molar-refractivity contribution in [2.45, 2.75) is 13.3 Å². The minimum absolute atomic E-state index is 0. The number of amides is 1. The molecule has 1 amide bonds. The molecule has 0 aromatic heterocycles. The zero-order chi connectivity index (χ0) is 15.8. The molecule has 1 saturated heterocycles. The Morgan fingerprint density at radius 3 is 2.83 bits per heavy atom. The van der Waals surface area contributed by atoms with Gasteiger partial charge in [-0.15, -0.1) is 12.4 Å². The Balaban J connectivity index is 0.00000264. The van der Waals surface area contributed by atoms with Gasteiger partial charge in [-0.3, -0.25) is 4.79 Å². The van der Waals surface area contributed by atoms with E-state index in [1.165, 1.54) is 12.1 Å². The van der Waals surface area contributed by atoms with Crippen molar-refractivity contribution in [1.82, 2.24) is 15.5 Å². The lowest BCUT2D eigenvalue weighted by Gasteiger charge is -2.27. The van der Waals surface area contributed by atoms with Crippen LogP contribution in [0, 0.1) is 5.82 Å². The molecule has 1 aromatic carbocycles. The lowest BCUT2D eigenvalue weighted by atomic mass is 10.1. The second-order valence-corrected chi connectivity index (χ2v) is 5.25. The number of hydrogen-bond acceptors (Lipinski definition) is 4. The maximum Gasteiger partial charge on any atom is 0.255 e. The number of rotatable bonds is 7. The molecule has 1 heterocycles. The smallest absolute Gasteiger partial charge is 0.255 e. The van der Waals surface area contributed by atoms with Crippen molar-refractivity contribution in [3.05, 3.63) is 29.6 Å². The number of nitrogens with zero attached hydrogens (tertiary/aromatic N) is 1. The predicted molar refractivity (Wildman–Crippen MR) is 91.1 cm³/mol. The monoisotopic (exact) mass is 345 g/mol. The molecule has 0 radical (unpaired) electrons. The van der Waals surface area contributed by atoms with Gasteiger partial charge in [0, 0.05) is 32.7 Å². The Hall–Kier alpha value is -1.37. The van der Waals surface area contributed by atoms with Gasteiger partial charge in [0.2, 0.25) is 0 Å². The summed E-state index contributed by atoms with van der Waals surface area (Å²) in [5, 5.41) is 6.14. The summed E-state index contributed by atoms with van der Waals surface area (Å²) in [6.07, 6.45) is 0.880. The Morgan fingerprint density at radius 1 is 1.39 bits per heavy atom. The van der Waals surface area contributed by atoms with Crippen LogP contribution in [0.4, 0.5) is 4.39 Å². The van der Waals surface area contributed by atoms with E-state index in [1.54, 1.807) is 13.0 Å². The zero-order valence-electron chi connectivity index (χ0n) is 13.4. The van der Waals surface area contributed by atoms with Gasteiger partial charge < -0.3 is 20.3 Å². The number of hydrogen-bond donors (Lipinski definition) is 2. The van der Waals surface area contributed by atoms with Crippen LogP contribution in [0.5, 0.6) is 5.75 Å². The van der Waals surface area contributed by atoms with E-state index in [9.17, 15) is 9.18 Å². The first-order chi connectivity index (χ1) is 10.7. The molecule has 0 aliphatic carbocycles. The van der Waals surface area contributed by atoms with Crippen LogP contribution < -0.4 is 15.4 Å². The Kier molecular flexibility index (Phi) is 8.91. The summed E-state index contributed by atoms with van der Waals surface area (Å²) in [6.45, 7) is 7.76. The first-order valence-corrected chi connectivity index (χ1v) is 7.85. The highest BCUT2D eigenvalue weighted by Crippen LogP contribution is 2.22. The summed E-state index contributed by atoms with van der Waals surface area (Å²) in [6, 6.07) is 4.40. The average molecular weight is 346 g/mol. The second-order valence-electron chi connectivity index (χ2n) is 5.25. The van der Waals surface area contributed by atoms with Crippen molar-refractivity contribution in [1.29, 1.82) is 0 Å². The van der Waals surface area contributed by atoms with E-state index in [0.717, 1.165) is 39.1 Å². The molecule has 0 bridgehead atoms. The molecule has 1 aromatic rings. The lowest BCUT2D eigenvalue weighted by Crippen LogP contribution is -2.44. The van der Waals surface area contributed by atoms with Crippen LogP contribution in [0.15, 0.2) is 18.2 Å². The molecule has 130 valence electrons. The number of ether oxygens (including phenoxy) is 1. The highest BCUT2D eigenvalue weighted by Gasteiger charge is 2.16. The van der Waals surface area contributed by atoms with Crippen LogP contribution in [0.3, 0.4) is 0 Å². The molecule has 0 unspecified atom stereocenters. The minimum Gasteiger partial charge on any atom is -0.490 e. The maximum atomic E-state index is 13.7. The minimum atomic E-state index is -0.504. The number of carbonyl (C=O) groups excluding carboxylic acids is 1. The third-order valence-corrected chi connectivity index (χ3v) is 3.65. The first-order valence-electron chi connectivity index (χ1n) is 7.85. The predicted octanol–water partition coefficient (Wildman–Crippen LogP) is 1.67. The SMILES string of the molecule is CCOc1c(F)cccc1C(=O)NCCCN1CCNCC1.Cl. The van der Waals surface area contributed by atoms with Crippen LogP contribution in [0.25, 0.3) is 0 Å². The summed E-state index contributed by atoms with van der Waals surface area (Å²) in [4.78, 5) is 14.5. The van der Waals surface area contributed by atoms with Gasteiger partial charge in [-0.05, 0) is 32.0 Å². The van der Waals surface area contributed by atoms with Crippen LogP contribution in [-0.4, -0.2) is 56.7 Å². The number of piperazine rings is 1. The fraction of sp³-hybridized carbons (Fsp3) is 0.562. The van der Waals surface area contributed by atoms with Crippen LogP contribution in [0.2, 0.25) is 0 Å². The van der Waals surface area contributed by atoms with E-state index in [1.807, 2.05) is 0 Å². The zero-order valence-corrected chi connectivity index (χ0v) is 14.3. The van der Waals surface area contributed by atoms with Crippen LogP contribution in [-0.2, 0) is 0 Å².